The second-order valence-electron chi connectivity index (χ2n) is 8.87. The topological polar surface area (TPSA) is 77.4 Å². The smallest absolute Gasteiger partial charge is 0.748 e. The first-order valence-electron chi connectivity index (χ1n) is 12.5. The molecule has 0 bridgehead atoms. The van der Waals surface area contributed by atoms with Crippen LogP contribution in [0.2, 0.25) is 0 Å². The molecule has 0 saturated heterocycles. The Labute approximate surface area is 230 Å². The van der Waals surface area contributed by atoms with Gasteiger partial charge in [0.15, 0.2) is 0 Å². The molecule has 0 aromatic rings. The molecule has 0 amide bonds. The second kappa shape index (κ2) is 23.7. The molecule has 0 aliphatic rings. The SMILES string of the molecule is CCCCCCCCCCCC(O)CCCCC(CCCCCCC)S(=O)(=O)[O-].[K+]. The molecule has 0 radical (unpaired) electrons. The number of hydrogen-bond acceptors (Lipinski definition) is 4. The molecule has 0 aromatic heterocycles. The maximum atomic E-state index is 11.5. The van der Waals surface area contributed by atoms with Crippen molar-refractivity contribution in [2.45, 2.75) is 154 Å². The van der Waals surface area contributed by atoms with E-state index in [0.717, 1.165) is 57.8 Å². The number of aliphatic hydroxyl groups is 1. The Bertz CT molecular complexity index is 442. The van der Waals surface area contributed by atoms with Crippen molar-refractivity contribution < 1.29 is 69.5 Å². The first kappa shape index (κ1) is 33.7. The van der Waals surface area contributed by atoms with Crippen LogP contribution in [0.4, 0.5) is 0 Å². The Morgan fingerprint density at radius 2 is 0.900 bits per heavy atom. The van der Waals surface area contributed by atoms with Gasteiger partial charge in [0, 0.05) is 5.25 Å². The fraction of sp³-hybridized carbons (Fsp3) is 1.00. The fourth-order valence-electron chi connectivity index (χ4n) is 4.00. The molecule has 6 heteroatoms. The van der Waals surface area contributed by atoms with Crippen LogP contribution in [0.15, 0.2) is 0 Å². The number of rotatable bonds is 22. The maximum Gasteiger partial charge on any atom is 1.00 e. The summed E-state index contributed by atoms with van der Waals surface area (Å²) in [5, 5.41) is 9.38. The molecular formula is C24H49KO4S. The third-order valence-electron chi connectivity index (χ3n) is 5.99. The van der Waals surface area contributed by atoms with Gasteiger partial charge in [-0.25, -0.2) is 8.42 Å². The summed E-state index contributed by atoms with van der Waals surface area (Å²) in [6.45, 7) is 4.39. The van der Waals surface area contributed by atoms with Crippen LogP contribution in [0.25, 0.3) is 0 Å². The van der Waals surface area contributed by atoms with E-state index < -0.39 is 15.4 Å². The summed E-state index contributed by atoms with van der Waals surface area (Å²) in [7, 11) is -4.20. The summed E-state index contributed by atoms with van der Waals surface area (Å²) < 4.78 is 34.4. The predicted octanol–water partition coefficient (Wildman–Crippen LogP) is 4.11. The third-order valence-corrected chi connectivity index (χ3v) is 7.28. The van der Waals surface area contributed by atoms with Gasteiger partial charge >= 0.3 is 51.4 Å². The fourth-order valence-corrected chi connectivity index (χ4v) is 4.91. The van der Waals surface area contributed by atoms with Crippen LogP contribution in [0.3, 0.4) is 0 Å². The first-order chi connectivity index (χ1) is 13.9. The van der Waals surface area contributed by atoms with E-state index in [0.29, 0.717) is 12.8 Å². The van der Waals surface area contributed by atoms with Crippen LogP contribution in [0.5, 0.6) is 0 Å². The molecule has 0 aromatic carbocycles. The van der Waals surface area contributed by atoms with Crippen molar-refractivity contribution in [2.24, 2.45) is 0 Å². The molecule has 0 fully saturated rings. The zero-order valence-electron chi connectivity index (χ0n) is 20.4. The Morgan fingerprint density at radius 3 is 1.30 bits per heavy atom. The molecule has 0 aliphatic heterocycles. The van der Waals surface area contributed by atoms with Crippen LogP contribution < -0.4 is 51.4 Å². The zero-order valence-corrected chi connectivity index (χ0v) is 24.3. The van der Waals surface area contributed by atoms with Gasteiger partial charge in [-0.05, 0) is 25.7 Å². The zero-order chi connectivity index (χ0) is 21.8. The molecule has 1 N–H and O–H groups in total. The minimum absolute atomic E-state index is 0. The molecule has 30 heavy (non-hydrogen) atoms. The Kier molecular flexibility index (Phi) is 26.6. The maximum absolute atomic E-state index is 11.5. The molecule has 0 saturated carbocycles. The van der Waals surface area contributed by atoms with Crippen molar-refractivity contribution in [1.82, 2.24) is 0 Å². The van der Waals surface area contributed by atoms with Gasteiger partial charge in [-0.1, -0.05) is 117 Å². The monoisotopic (exact) mass is 472 g/mol. The van der Waals surface area contributed by atoms with E-state index in [9.17, 15) is 18.1 Å². The standard InChI is InChI=1S/C24H50O4S.K/c1-3-5-7-9-10-11-12-14-15-19-23(25)20-17-18-22-24(29(26,27)28)21-16-13-8-6-4-2;/h23-25H,3-22H2,1-2H3,(H,26,27,28);/q;+1/p-1. The van der Waals surface area contributed by atoms with Crippen molar-refractivity contribution in [3.05, 3.63) is 0 Å². The Morgan fingerprint density at radius 1 is 0.600 bits per heavy atom. The molecule has 176 valence electrons. The molecule has 2 atom stereocenters. The van der Waals surface area contributed by atoms with E-state index in [-0.39, 0.29) is 57.5 Å². The van der Waals surface area contributed by atoms with Gasteiger partial charge in [0.1, 0.15) is 0 Å². The number of aliphatic hydroxyl groups excluding tert-OH is 1. The first-order valence-corrected chi connectivity index (χ1v) is 14.0. The number of unbranched alkanes of at least 4 members (excludes halogenated alkanes) is 13. The van der Waals surface area contributed by atoms with Crippen LogP contribution >= 0.6 is 0 Å². The van der Waals surface area contributed by atoms with Gasteiger partial charge in [-0.15, -0.1) is 0 Å². The quantitative estimate of drug-likeness (QED) is 0.146. The van der Waals surface area contributed by atoms with Crippen LogP contribution in [-0.4, -0.2) is 29.4 Å². The minimum atomic E-state index is -4.20. The van der Waals surface area contributed by atoms with Crippen molar-refractivity contribution in [2.75, 3.05) is 0 Å². The van der Waals surface area contributed by atoms with Crippen molar-refractivity contribution >= 4 is 10.1 Å². The van der Waals surface area contributed by atoms with E-state index in [1.807, 2.05) is 0 Å². The minimum Gasteiger partial charge on any atom is -0.748 e. The Hall–Kier alpha value is 1.51. The van der Waals surface area contributed by atoms with Gasteiger partial charge in [-0.2, -0.15) is 0 Å². The second-order valence-corrected chi connectivity index (χ2v) is 10.5. The van der Waals surface area contributed by atoms with Crippen molar-refractivity contribution in [1.29, 1.82) is 0 Å². The molecule has 0 heterocycles. The van der Waals surface area contributed by atoms with Gasteiger partial charge in [-0.3, -0.25) is 0 Å². The molecule has 0 rings (SSSR count). The van der Waals surface area contributed by atoms with Crippen LogP contribution in [0.1, 0.15) is 142 Å². The van der Waals surface area contributed by atoms with E-state index in [4.69, 9.17) is 0 Å². The summed E-state index contributed by atoms with van der Waals surface area (Å²) in [5.41, 5.74) is 0. The van der Waals surface area contributed by atoms with Gasteiger partial charge in [0.25, 0.3) is 0 Å². The van der Waals surface area contributed by atoms with Crippen LogP contribution in [-0.2, 0) is 10.1 Å². The summed E-state index contributed by atoms with van der Waals surface area (Å²) >= 11 is 0. The largest absolute Gasteiger partial charge is 1.00 e. The van der Waals surface area contributed by atoms with Crippen LogP contribution in [0, 0.1) is 0 Å². The number of hydrogen-bond donors (Lipinski definition) is 1. The van der Waals surface area contributed by atoms with E-state index in [1.165, 1.54) is 57.8 Å². The molecular weight excluding hydrogens is 423 g/mol. The normalized spacial score (nSPS) is 13.7. The van der Waals surface area contributed by atoms with E-state index >= 15 is 0 Å². The predicted molar refractivity (Wildman–Crippen MR) is 123 cm³/mol. The van der Waals surface area contributed by atoms with E-state index in [1.54, 1.807) is 0 Å². The average molecular weight is 473 g/mol. The summed E-state index contributed by atoms with van der Waals surface area (Å²) in [4.78, 5) is 0. The summed E-state index contributed by atoms with van der Waals surface area (Å²) in [6, 6.07) is 0. The molecule has 2 unspecified atom stereocenters. The van der Waals surface area contributed by atoms with Crippen molar-refractivity contribution in [3.63, 3.8) is 0 Å². The molecule has 0 spiro atoms. The van der Waals surface area contributed by atoms with Gasteiger partial charge in [0.05, 0.1) is 16.2 Å². The van der Waals surface area contributed by atoms with Gasteiger partial charge in [0.2, 0.25) is 0 Å². The van der Waals surface area contributed by atoms with E-state index in [2.05, 4.69) is 13.8 Å². The summed E-state index contributed by atoms with van der Waals surface area (Å²) in [6.07, 6.45) is 20.6. The third kappa shape index (κ3) is 22.7. The molecule has 0 aliphatic carbocycles. The molecule has 4 nitrogen and oxygen atoms in total. The Balaban J connectivity index is 0. The average Bonchev–Trinajstić information content (AvgIpc) is 2.67. The summed E-state index contributed by atoms with van der Waals surface area (Å²) in [5.74, 6) is 0. The van der Waals surface area contributed by atoms with Crippen molar-refractivity contribution in [3.8, 4) is 0 Å². The van der Waals surface area contributed by atoms with Gasteiger partial charge < -0.3 is 9.66 Å².